The van der Waals surface area contributed by atoms with Crippen molar-refractivity contribution >= 4 is 28.6 Å². The molecule has 1 unspecified atom stereocenters. The summed E-state index contributed by atoms with van der Waals surface area (Å²) in [6, 6.07) is 19.0. The molecule has 3 aromatic carbocycles. The molecule has 1 aliphatic heterocycles. The number of imidazole rings is 1. The zero-order valence-corrected chi connectivity index (χ0v) is 22.4. The van der Waals surface area contributed by atoms with Gasteiger partial charge >= 0.3 is 5.97 Å². The molecule has 10 heteroatoms. The Kier molecular flexibility index (Phi) is 7.38. The zero-order chi connectivity index (χ0) is 28.5. The number of hydrogen-bond donors (Lipinski definition) is 1. The quantitative estimate of drug-likeness (QED) is 0.211. The predicted octanol–water partition coefficient (Wildman–Crippen LogP) is 6.69. The summed E-state index contributed by atoms with van der Waals surface area (Å²) in [5, 5.41) is 9.75. The van der Waals surface area contributed by atoms with Crippen LogP contribution in [-0.4, -0.2) is 38.3 Å². The van der Waals surface area contributed by atoms with Gasteiger partial charge in [-0.3, -0.25) is 0 Å². The number of carbonyl (C=O) groups is 1. The number of pyridine rings is 1. The SMILES string of the molecule is O=C(O)c1ccc2nc(Cc3ccc(-c4cccc(OCc5ccc(Cl)cc5F)n4)c(F)c3)n(CC3CCO3)c2c1. The molecule has 2 aromatic heterocycles. The average molecular weight is 576 g/mol. The maximum absolute atomic E-state index is 15.4. The van der Waals surface area contributed by atoms with Gasteiger partial charge in [0.15, 0.2) is 0 Å². The number of carboxylic acids is 1. The maximum Gasteiger partial charge on any atom is 0.335 e. The lowest BCUT2D eigenvalue weighted by molar-refractivity contribution is -0.0589. The number of aromatic carboxylic acids is 1. The van der Waals surface area contributed by atoms with Gasteiger partial charge in [-0.1, -0.05) is 29.8 Å². The molecule has 1 saturated heterocycles. The van der Waals surface area contributed by atoms with Crippen molar-refractivity contribution in [2.24, 2.45) is 0 Å². The molecule has 0 amide bonds. The van der Waals surface area contributed by atoms with E-state index in [1.54, 1.807) is 48.5 Å². The van der Waals surface area contributed by atoms with Crippen LogP contribution in [0.4, 0.5) is 8.78 Å². The molecule has 0 bridgehead atoms. The maximum atomic E-state index is 15.4. The van der Waals surface area contributed by atoms with E-state index >= 15 is 4.39 Å². The van der Waals surface area contributed by atoms with Gasteiger partial charge in [0.05, 0.1) is 34.9 Å². The third-order valence-electron chi connectivity index (χ3n) is 7.04. The van der Waals surface area contributed by atoms with Crippen molar-refractivity contribution in [1.82, 2.24) is 14.5 Å². The normalized spacial score (nSPS) is 14.7. The lowest BCUT2D eigenvalue weighted by atomic mass is 10.1. The third kappa shape index (κ3) is 5.77. The Balaban J connectivity index is 1.23. The van der Waals surface area contributed by atoms with Crippen molar-refractivity contribution in [2.75, 3.05) is 6.61 Å². The smallest absolute Gasteiger partial charge is 0.335 e. The van der Waals surface area contributed by atoms with Gasteiger partial charge in [-0.15, -0.1) is 0 Å². The summed E-state index contributed by atoms with van der Waals surface area (Å²) >= 11 is 5.81. The molecule has 0 radical (unpaired) electrons. The largest absolute Gasteiger partial charge is 0.478 e. The Bertz CT molecular complexity index is 1770. The highest BCUT2D eigenvalue weighted by Crippen LogP contribution is 2.27. The summed E-state index contributed by atoms with van der Waals surface area (Å²) < 4.78 is 42.7. The number of fused-ring (bicyclic) bond motifs is 1. The van der Waals surface area contributed by atoms with Crippen molar-refractivity contribution in [1.29, 1.82) is 0 Å². The molecule has 5 aromatic rings. The number of aromatic nitrogens is 3. The molecular formula is C31H24ClF2N3O4. The first-order valence-corrected chi connectivity index (χ1v) is 13.4. The van der Waals surface area contributed by atoms with E-state index < -0.39 is 17.6 Å². The van der Waals surface area contributed by atoms with Crippen molar-refractivity contribution in [3.05, 3.63) is 112 Å². The monoisotopic (exact) mass is 575 g/mol. The highest BCUT2D eigenvalue weighted by atomic mass is 35.5. The van der Waals surface area contributed by atoms with E-state index in [9.17, 15) is 14.3 Å². The van der Waals surface area contributed by atoms with Gasteiger partial charge in [0.1, 0.15) is 24.1 Å². The summed E-state index contributed by atoms with van der Waals surface area (Å²) in [6.45, 7) is 1.17. The second kappa shape index (κ2) is 11.3. The van der Waals surface area contributed by atoms with Gasteiger partial charge in [-0.25, -0.2) is 23.5 Å². The average Bonchev–Trinajstić information content (AvgIpc) is 3.26. The first-order valence-electron chi connectivity index (χ1n) is 13.0. The van der Waals surface area contributed by atoms with E-state index in [0.29, 0.717) is 63.8 Å². The van der Waals surface area contributed by atoms with Crippen molar-refractivity contribution in [2.45, 2.75) is 32.1 Å². The highest BCUT2D eigenvalue weighted by molar-refractivity contribution is 6.30. The summed E-state index contributed by atoms with van der Waals surface area (Å²) in [5.74, 6) is -1.04. The second-order valence-electron chi connectivity index (χ2n) is 9.81. The van der Waals surface area contributed by atoms with Gasteiger partial charge in [0.25, 0.3) is 0 Å². The Hall–Kier alpha value is -4.34. The number of benzene rings is 3. The summed E-state index contributed by atoms with van der Waals surface area (Å²) in [4.78, 5) is 20.7. The number of hydrogen-bond acceptors (Lipinski definition) is 5. The van der Waals surface area contributed by atoms with Crippen molar-refractivity contribution in [3.63, 3.8) is 0 Å². The number of halogens is 3. The molecule has 208 valence electrons. The first kappa shape index (κ1) is 26.9. The van der Waals surface area contributed by atoms with E-state index in [4.69, 9.17) is 26.1 Å². The number of nitrogens with zero attached hydrogens (tertiary/aromatic N) is 3. The Morgan fingerprint density at radius 3 is 2.63 bits per heavy atom. The van der Waals surface area contributed by atoms with E-state index in [1.165, 1.54) is 18.2 Å². The molecule has 7 nitrogen and oxygen atoms in total. The van der Waals surface area contributed by atoms with Gasteiger partial charge in [-0.2, -0.15) is 0 Å². The molecule has 1 fully saturated rings. The summed E-state index contributed by atoms with van der Waals surface area (Å²) in [7, 11) is 0. The van der Waals surface area contributed by atoms with E-state index in [0.717, 1.165) is 6.42 Å². The van der Waals surface area contributed by atoms with Crippen LogP contribution in [-0.2, 0) is 24.3 Å². The Morgan fingerprint density at radius 2 is 1.90 bits per heavy atom. The van der Waals surface area contributed by atoms with Gasteiger partial charge in [0.2, 0.25) is 5.88 Å². The lowest BCUT2D eigenvalue weighted by Crippen LogP contribution is -2.31. The van der Waals surface area contributed by atoms with Crippen LogP contribution < -0.4 is 4.74 Å². The second-order valence-corrected chi connectivity index (χ2v) is 10.2. The minimum absolute atomic E-state index is 0.0236. The lowest BCUT2D eigenvalue weighted by Gasteiger charge is -2.27. The van der Waals surface area contributed by atoms with Crippen molar-refractivity contribution < 1.29 is 28.2 Å². The van der Waals surface area contributed by atoms with Crippen LogP contribution in [0.2, 0.25) is 5.02 Å². The van der Waals surface area contributed by atoms with Gasteiger partial charge in [-0.05, 0) is 60.5 Å². The summed E-state index contributed by atoms with van der Waals surface area (Å²) in [5.41, 5.74) is 3.23. The van der Waals surface area contributed by atoms with Gasteiger partial charge < -0.3 is 19.1 Å². The molecule has 6 rings (SSSR count). The van der Waals surface area contributed by atoms with E-state index in [2.05, 4.69) is 4.98 Å². The van der Waals surface area contributed by atoms with Gasteiger partial charge in [0, 0.05) is 35.2 Å². The van der Waals surface area contributed by atoms with Crippen LogP contribution in [0.5, 0.6) is 5.88 Å². The van der Waals surface area contributed by atoms with E-state index in [1.807, 2.05) is 10.6 Å². The molecule has 0 spiro atoms. The molecule has 1 aliphatic rings. The minimum Gasteiger partial charge on any atom is -0.478 e. The Morgan fingerprint density at radius 1 is 1.05 bits per heavy atom. The molecule has 1 atom stereocenters. The Labute approximate surface area is 239 Å². The van der Waals surface area contributed by atoms with Crippen LogP contribution in [0.1, 0.15) is 33.7 Å². The molecule has 0 saturated carbocycles. The fraction of sp³-hybridized carbons (Fsp3) is 0.194. The topological polar surface area (TPSA) is 86.5 Å². The fourth-order valence-electron chi connectivity index (χ4n) is 4.77. The van der Waals surface area contributed by atoms with E-state index in [-0.39, 0.29) is 24.2 Å². The summed E-state index contributed by atoms with van der Waals surface area (Å²) in [6.07, 6.45) is 1.27. The van der Waals surface area contributed by atoms with Crippen LogP contribution in [0.25, 0.3) is 22.3 Å². The zero-order valence-electron chi connectivity index (χ0n) is 21.7. The predicted molar refractivity (Wildman–Crippen MR) is 149 cm³/mol. The van der Waals surface area contributed by atoms with Crippen LogP contribution in [0.15, 0.2) is 72.8 Å². The van der Waals surface area contributed by atoms with Crippen LogP contribution >= 0.6 is 11.6 Å². The molecular weight excluding hydrogens is 552 g/mol. The minimum atomic E-state index is -1.01. The molecule has 1 N–H and O–H groups in total. The first-order chi connectivity index (χ1) is 19.8. The van der Waals surface area contributed by atoms with Crippen LogP contribution in [0, 0.1) is 11.6 Å². The molecule has 3 heterocycles. The highest BCUT2D eigenvalue weighted by Gasteiger charge is 2.23. The standard InChI is InChI=1S/C31H24ClF2N3O4/c32-21-7-5-20(24(33)15-21)17-41-30-3-1-2-26(36-30)23-8-4-18(12-25(23)34)13-29-35-27-9-6-19(31(38)39)14-28(27)37(29)16-22-10-11-40-22/h1-9,12,14-15,22H,10-11,13,16-17H2,(H,38,39). The number of rotatable bonds is 9. The molecule has 0 aliphatic carbocycles. The molecule has 41 heavy (non-hydrogen) atoms. The number of ether oxygens (including phenoxy) is 2. The number of carboxylic acid groups (broad SMARTS) is 1. The van der Waals surface area contributed by atoms with Crippen molar-refractivity contribution in [3.8, 4) is 17.1 Å². The van der Waals surface area contributed by atoms with Crippen LogP contribution in [0.3, 0.4) is 0 Å². The third-order valence-corrected chi connectivity index (χ3v) is 7.27. The fourth-order valence-corrected chi connectivity index (χ4v) is 4.93.